The number of ether oxygens (including phenoxy) is 2. The lowest BCUT2D eigenvalue weighted by molar-refractivity contribution is -0.139. The first-order valence-corrected chi connectivity index (χ1v) is 6.73. The van der Waals surface area contributed by atoms with Crippen molar-refractivity contribution in [3.05, 3.63) is 30.5 Å². The zero-order valence-corrected chi connectivity index (χ0v) is 11.6. The Labute approximate surface area is 121 Å². The third kappa shape index (κ3) is 2.62. The van der Waals surface area contributed by atoms with Crippen LogP contribution in [0.25, 0.3) is 10.8 Å². The maximum absolute atomic E-state index is 10.9. The lowest BCUT2D eigenvalue weighted by atomic mass is 10.1. The van der Waals surface area contributed by atoms with Gasteiger partial charge in [0.15, 0.2) is 0 Å². The molecular formula is C15H16N2O4. The Kier molecular flexibility index (Phi) is 3.62. The van der Waals surface area contributed by atoms with Crippen LogP contribution in [0.3, 0.4) is 0 Å². The second-order valence-electron chi connectivity index (χ2n) is 4.95. The number of carboxylic acids is 1. The monoisotopic (exact) mass is 288 g/mol. The van der Waals surface area contributed by atoms with E-state index in [0.29, 0.717) is 24.6 Å². The number of benzene rings is 1. The van der Waals surface area contributed by atoms with Gasteiger partial charge in [0.1, 0.15) is 17.9 Å². The van der Waals surface area contributed by atoms with Crippen LogP contribution in [0.4, 0.5) is 0 Å². The van der Waals surface area contributed by atoms with Crippen molar-refractivity contribution in [1.29, 1.82) is 0 Å². The van der Waals surface area contributed by atoms with E-state index in [0.717, 1.165) is 10.8 Å². The molecule has 2 heterocycles. The molecule has 6 nitrogen and oxygen atoms in total. The summed E-state index contributed by atoms with van der Waals surface area (Å²) < 4.78 is 11.2. The van der Waals surface area contributed by atoms with Crippen molar-refractivity contribution < 1.29 is 19.4 Å². The van der Waals surface area contributed by atoms with Gasteiger partial charge < -0.3 is 19.9 Å². The molecule has 2 aromatic rings. The first-order valence-electron chi connectivity index (χ1n) is 6.73. The number of carboxylic acid groups (broad SMARTS) is 1. The highest BCUT2D eigenvalue weighted by Crippen LogP contribution is 2.31. The van der Waals surface area contributed by atoms with Crippen molar-refractivity contribution in [2.75, 3.05) is 13.7 Å². The Morgan fingerprint density at radius 1 is 1.38 bits per heavy atom. The van der Waals surface area contributed by atoms with E-state index >= 15 is 0 Å². The summed E-state index contributed by atoms with van der Waals surface area (Å²) in [5.74, 6) is 0.337. The molecule has 2 atom stereocenters. The minimum atomic E-state index is -0.853. The zero-order chi connectivity index (χ0) is 14.8. The number of aliphatic carboxylic acids is 1. The fourth-order valence-electron chi connectivity index (χ4n) is 2.54. The summed E-state index contributed by atoms with van der Waals surface area (Å²) in [4.78, 5) is 15.2. The van der Waals surface area contributed by atoms with E-state index < -0.39 is 12.0 Å². The third-order valence-electron chi connectivity index (χ3n) is 3.61. The van der Waals surface area contributed by atoms with Crippen LogP contribution in [-0.4, -0.2) is 41.9 Å². The number of nitrogens with zero attached hydrogens (tertiary/aromatic N) is 1. The van der Waals surface area contributed by atoms with Crippen molar-refractivity contribution in [3.8, 4) is 11.6 Å². The van der Waals surface area contributed by atoms with Gasteiger partial charge in [-0.25, -0.2) is 4.98 Å². The van der Waals surface area contributed by atoms with Gasteiger partial charge in [0, 0.05) is 23.7 Å². The number of pyridine rings is 1. The molecule has 6 heteroatoms. The Bertz CT molecular complexity index is 674. The average Bonchev–Trinajstić information content (AvgIpc) is 2.96. The van der Waals surface area contributed by atoms with Crippen LogP contribution in [0.15, 0.2) is 30.5 Å². The zero-order valence-electron chi connectivity index (χ0n) is 11.6. The van der Waals surface area contributed by atoms with Crippen LogP contribution >= 0.6 is 0 Å². The van der Waals surface area contributed by atoms with Crippen LogP contribution in [0.1, 0.15) is 6.42 Å². The summed E-state index contributed by atoms with van der Waals surface area (Å²) in [6.07, 6.45) is 1.85. The molecule has 0 radical (unpaired) electrons. The smallest absolute Gasteiger partial charge is 0.320 e. The molecule has 110 valence electrons. The van der Waals surface area contributed by atoms with Gasteiger partial charge >= 0.3 is 5.97 Å². The highest BCUT2D eigenvalue weighted by atomic mass is 16.5. The van der Waals surface area contributed by atoms with Crippen molar-refractivity contribution in [1.82, 2.24) is 10.3 Å². The Morgan fingerprint density at radius 3 is 2.81 bits per heavy atom. The van der Waals surface area contributed by atoms with Crippen LogP contribution in [0.2, 0.25) is 0 Å². The number of aromatic nitrogens is 1. The predicted octanol–water partition coefficient (Wildman–Crippen LogP) is 1.44. The van der Waals surface area contributed by atoms with Crippen molar-refractivity contribution >= 4 is 16.7 Å². The van der Waals surface area contributed by atoms with Crippen molar-refractivity contribution in [2.45, 2.75) is 18.6 Å². The minimum absolute atomic E-state index is 0.199. The number of methoxy groups -OCH3 is 1. The summed E-state index contributed by atoms with van der Waals surface area (Å²) in [6.45, 7) is 0.499. The number of carbonyl (C=O) groups is 1. The minimum Gasteiger partial charge on any atom is -0.494 e. The highest BCUT2D eigenvalue weighted by Gasteiger charge is 2.31. The van der Waals surface area contributed by atoms with E-state index in [-0.39, 0.29) is 6.10 Å². The summed E-state index contributed by atoms with van der Waals surface area (Å²) in [5, 5.41) is 13.7. The summed E-state index contributed by atoms with van der Waals surface area (Å²) >= 11 is 0. The fraction of sp³-hybridized carbons (Fsp3) is 0.333. The quantitative estimate of drug-likeness (QED) is 0.886. The fourth-order valence-corrected chi connectivity index (χ4v) is 2.54. The summed E-state index contributed by atoms with van der Waals surface area (Å²) in [6, 6.07) is 7.13. The molecule has 1 saturated heterocycles. The normalized spacial score (nSPS) is 21.4. The first-order chi connectivity index (χ1) is 10.2. The van der Waals surface area contributed by atoms with E-state index in [1.165, 1.54) is 0 Å². The van der Waals surface area contributed by atoms with Crippen molar-refractivity contribution in [2.24, 2.45) is 0 Å². The van der Waals surface area contributed by atoms with Gasteiger partial charge in [-0.15, -0.1) is 0 Å². The predicted molar refractivity (Wildman–Crippen MR) is 76.8 cm³/mol. The highest BCUT2D eigenvalue weighted by molar-refractivity contribution is 5.91. The van der Waals surface area contributed by atoms with Crippen LogP contribution < -0.4 is 14.8 Å². The molecule has 0 spiro atoms. The van der Waals surface area contributed by atoms with Crippen LogP contribution in [0, 0.1) is 0 Å². The van der Waals surface area contributed by atoms with Crippen molar-refractivity contribution in [3.63, 3.8) is 0 Å². The molecule has 1 aliphatic heterocycles. The molecule has 3 rings (SSSR count). The second-order valence-corrected chi connectivity index (χ2v) is 4.95. The first kappa shape index (κ1) is 13.6. The van der Waals surface area contributed by atoms with Gasteiger partial charge in [0.2, 0.25) is 5.88 Å². The number of hydrogen-bond donors (Lipinski definition) is 2. The number of rotatable bonds is 4. The Hall–Kier alpha value is -2.34. The number of hydrogen-bond acceptors (Lipinski definition) is 5. The summed E-state index contributed by atoms with van der Waals surface area (Å²) in [5.41, 5.74) is 0. The van der Waals surface area contributed by atoms with E-state index in [9.17, 15) is 4.79 Å². The van der Waals surface area contributed by atoms with Gasteiger partial charge in [-0.3, -0.25) is 4.79 Å². The van der Waals surface area contributed by atoms with Gasteiger partial charge in [0.25, 0.3) is 0 Å². The molecule has 21 heavy (non-hydrogen) atoms. The number of fused-ring (bicyclic) bond motifs is 1. The van der Waals surface area contributed by atoms with E-state index in [1.807, 2.05) is 24.3 Å². The third-order valence-corrected chi connectivity index (χ3v) is 3.61. The molecule has 0 amide bonds. The lowest BCUT2D eigenvalue weighted by Crippen LogP contribution is -2.30. The second kappa shape index (κ2) is 5.57. The van der Waals surface area contributed by atoms with Gasteiger partial charge in [-0.05, 0) is 6.07 Å². The van der Waals surface area contributed by atoms with E-state index in [4.69, 9.17) is 14.6 Å². The van der Waals surface area contributed by atoms with Gasteiger partial charge in [0.05, 0.1) is 13.3 Å². The van der Waals surface area contributed by atoms with Crippen LogP contribution in [0.5, 0.6) is 11.6 Å². The molecule has 0 unspecified atom stereocenters. The Morgan fingerprint density at radius 2 is 2.14 bits per heavy atom. The largest absolute Gasteiger partial charge is 0.494 e. The molecule has 1 aromatic carbocycles. The summed E-state index contributed by atoms with van der Waals surface area (Å²) in [7, 11) is 1.60. The molecule has 0 saturated carbocycles. The lowest BCUT2D eigenvalue weighted by Gasteiger charge is -2.14. The molecule has 1 aromatic heterocycles. The number of nitrogens with one attached hydrogen (secondary N) is 1. The molecule has 1 aliphatic rings. The topological polar surface area (TPSA) is 80.7 Å². The molecule has 2 N–H and O–H groups in total. The Balaban J connectivity index is 1.87. The molecule has 0 bridgehead atoms. The van der Waals surface area contributed by atoms with Gasteiger partial charge in [-0.1, -0.05) is 18.2 Å². The van der Waals surface area contributed by atoms with Gasteiger partial charge in [-0.2, -0.15) is 0 Å². The molecule has 1 fully saturated rings. The average molecular weight is 288 g/mol. The standard InChI is InChI=1S/C15H16N2O4/c1-20-13-8-17-14(11-5-3-2-4-10(11)13)21-9-6-12(15(18)19)16-7-9/h2-5,8-9,12,16H,6-7H2,1H3,(H,18,19)/t9-,12+/m1/s1. The maximum atomic E-state index is 10.9. The van der Waals surface area contributed by atoms with Crippen LogP contribution in [-0.2, 0) is 4.79 Å². The maximum Gasteiger partial charge on any atom is 0.320 e. The SMILES string of the molecule is COc1cnc(O[C@H]2CN[C@H](C(=O)O)C2)c2ccccc12. The molecular weight excluding hydrogens is 272 g/mol. The van der Waals surface area contributed by atoms with E-state index in [2.05, 4.69) is 10.3 Å². The molecule has 0 aliphatic carbocycles. The van der Waals surface area contributed by atoms with E-state index in [1.54, 1.807) is 13.3 Å².